The minimum Gasteiger partial charge on any atom is -0.326 e. The lowest BCUT2D eigenvalue weighted by molar-refractivity contribution is -0.117. The van der Waals surface area contributed by atoms with Crippen LogP contribution in [-0.4, -0.2) is 26.7 Å². The van der Waals surface area contributed by atoms with E-state index in [0.717, 1.165) is 32.1 Å². The van der Waals surface area contributed by atoms with Crippen LogP contribution in [0.5, 0.6) is 0 Å². The molecule has 1 amide bonds. The van der Waals surface area contributed by atoms with Gasteiger partial charge >= 0.3 is 0 Å². The number of sulfonamides is 1. The molecule has 0 spiro atoms. The van der Waals surface area contributed by atoms with Crippen LogP contribution in [0.2, 0.25) is 0 Å². The Morgan fingerprint density at radius 1 is 1.09 bits per heavy atom. The number of anilines is 1. The van der Waals surface area contributed by atoms with E-state index < -0.39 is 10.0 Å². The minimum absolute atomic E-state index is 0.00606. The van der Waals surface area contributed by atoms with Crippen molar-refractivity contribution in [3.05, 3.63) is 24.3 Å². The fourth-order valence-corrected chi connectivity index (χ4v) is 3.57. The number of amides is 1. The van der Waals surface area contributed by atoms with Crippen molar-refractivity contribution in [3.63, 3.8) is 0 Å². The highest BCUT2D eigenvalue weighted by Crippen LogP contribution is 2.30. The van der Waals surface area contributed by atoms with Crippen molar-refractivity contribution < 1.29 is 13.2 Å². The van der Waals surface area contributed by atoms with Crippen molar-refractivity contribution in [2.75, 3.05) is 11.9 Å². The SMILES string of the molecule is O=C(Nc1ccc(S(=O)(=O)NC2=NCCCCC2)cc1)C1CC1. The highest BCUT2D eigenvalue weighted by atomic mass is 32.2. The van der Waals surface area contributed by atoms with E-state index in [1.807, 2.05) is 0 Å². The zero-order chi connectivity index (χ0) is 16.3. The maximum atomic E-state index is 12.4. The fraction of sp³-hybridized carbons (Fsp3) is 0.500. The van der Waals surface area contributed by atoms with Crippen molar-refractivity contribution in [3.8, 4) is 0 Å². The number of nitrogens with one attached hydrogen (secondary N) is 2. The Morgan fingerprint density at radius 3 is 2.52 bits per heavy atom. The Balaban J connectivity index is 1.67. The lowest BCUT2D eigenvalue weighted by Crippen LogP contribution is -2.30. The number of carbonyl (C=O) groups excluding carboxylic acids is 1. The summed E-state index contributed by atoms with van der Waals surface area (Å²) in [5, 5.41) is 2.79. The molecule has 1 fully saturated rings. The molecule has 0 aromatic heterocycles. The molecule has 0 bridgehead atoms. The van der Waals surface area contributed by atoms with Gasteiger partial charge in [0.2, 0.25) is 5.91 Å². The average molecular weight is 335 g/mol. The number of nitrogens with zero attached hydrogens (tertiary/aromatic N) is 1. The van der Waals surface area contributed by atoms with E-state index in [1.54, 1.807) is 12.1 Å². The molecule has 1 aliphatic carbocycles. The van der Waals surface area contributed by atoms with Gasteiger partial charge in [-0.05, 0) is 49.9 Å². The minimum atomic E-state index is -3.62. The van der Waals surface area contributed by atoms with Gasteiger partial charge in [-0.25, -0.2) is 8.42 Å². The third kappa shape index (κ3) is 4.31. The van der Waals surface area contributed by atoms with Crippen LogP contribution in [0.3, 0.4) is 0 Å². The summed E-state index contributed by atoms with van der Waals surface area (Å²) in [6.07, 6.45) is 5.56. The predicted octanol–water partition coefficient (Wildman–Crippen LogP) is 2.29. The van der Waals surface area contributed by atoms with Crippen LogP contribution in [0.1, 0.15) is 38.5 Å². The first-order valence-electron chi connectivity index (χ1n) is 8.02. The number of carbonyl (C=O) groups is 1. The van der Waals surface area contributed by atoms with Gasteiger partial charge in [-0.2, -0.15) is 0 Å². The molecule has 1 heterocycles. The summed E-state index contributed by atoms with van der Waals surface area (Å²) < 4.78 is 27.3. The zero-order valence-corrected chi connectivity index (χ0v) is 13.7. The molecule has 2 N–H and O–H groups in total. The zero-order valence-electron chi connectivity index (χ0n) is 12.9. The molecule has 6 nitrogen and oxygen atoms in total. The largest absolute Gasteiger partial charge is 0.326 e. The second-order valence-corrected chi connectivity index (χ2v) is 7.71. The molecule has 3 rings (SSSR count). The van der Waals surface area contributed by atoms with Crippen molar-refractivity contribution in [1.29, 1.82) is 0 Å². The number of aliphatic imine (C=N–C) groups is 1. The van der Waals surface area contributed by atoms with E-state index in [-0.39, 0.29) is 16.7 Å². The smallest absolute Gasteiger partial charge is 0.262 e. The monoisotopic (exact) mass is 335 g/mol. The molecule has 1 saturated carbocycles. The summed E-state index contributed by atoms with van der Waals surface area (Å²) >= 11 is 0. The Bertz CT molecular complexity index is 707. The molecular formula is C16H21N3O3S. The lowest BCUT2D eigenvalue weighted by atomic mass is 10.2. The molecular weight excluding hydrogens is 314 g/mol. The second kappa shape index (κ2) is 6.70. The Morgan fingerprint density at radius 2 is 1.83 bits per heavy atom. The third-order valence-corrected chi connectivity index (χ3v) is 5.40. The van der Waals surface area contributed by atoms with E-state index in [1.165, 1.54) is 12.1 Å². The molecule has 7 heteroatoms. The van der Waals surface area contributed by atoms with Crippen molar-refractivity contribution in [2.45, 2.75) is 43.4 Å². The topological polar surface area (TPSA) is 87.6 Å². The van der Waals surface area contributed by atoms with Gasteiger partial charge in [0.1, 0.15) is 5.84 Å². The summed E-state index contributed by atoms with van der Waals surface area (Å²) in [5.41, 5.74) is 0.618. The van der Waals surface area contributed by atoms with E-state index in [2.05, 4.69) is 15.0 Å². The van der Waals surface area contributed by atoms with Gasteiger partial charge in [-0.3, -0.25) is 14.5 Å². The lowest BCUT2D eigenvalue weighted by Gasteiger charge is -2.10. The van der Waals surface area contributed by atoms with Crippen LogP contribution >= 0.6 is 0 Å². The van der Waals surface area contributed by atoms with Crippen molar-refractivity contribution in [1.82, 2.24) is 4.72 Å². The summed E-state index contributed by atoms with van der Waals surface area (Å²) in [6, 6.07) is 6.23. The first kappa shape index (κ1) is 16.0. The summed E-state index contributed by atoms with van der Waals surface area (Å²) in [5.74, 6) is 0.661. The van der Waals surface area contributed by atoms with E-state index in [4.69, 9.17) is 0 Å². The van der Waals surface area contributed by atoms with E-state index in [9.17, 15) is 13.2 Å². The molecule has 1 aliphatic heterocycles. The molecule has 0 atom stereocenters. The van der Waals surface area contributed by atoms with Crippen LogP contribution in [0.25, 0.3) is 0 Å². The van der Waals surface area contributed by atoms with E-state index >= 15 is 0 Å². The molecule has 0 unspecified atom stereocenters. The maximum Gasteiger partial charge on any atom is 0.262 e. The van der Waals surface area contributed by atoms with Crippen molar-refractivity contribution >= 4 is 27.5 Å². The van der Waals surface area contributed by atoms with Gasteiger partial charge < -0.3 is 5.32 Å². The summed E-state index contributed by atoms with van der Waals surface area (Å²) in [7, 11) is -3.62. The van der Waals surface area contributed by atoms with Gasteiger partial charge in [0.05, 0.1) is 4.90 Å². The van der Waals surface area contributed by atoms with Gasteiger partial charge in [0.25, 0.3) is 10.0 Å². The van der Waals surface area contributed by atoms with Gasteiger partial charge in [0.15, 0.2) is 0 Å². The number of hydrogen-bond acceptors (Lipinski definition) is 4. The first-order chi connectivity index (χ1) is 11.0. The highest BCUT2D eigenvalue weighted by molar-refractivity contribution is 7.90. The summed E-state index contributed by atoms with van der Waals surface area (Å²) in [4.78, 5) is 16.2. The molecule has 2 aliphatic rings. The molecule has 0 radical (unpaired) electrons. The van der Waals surface area contributed by atoms with Crippen LogP contribution in [0, 0.1) is 5.92 Å². The summed E-state index contributed by atoms with van der Waals surface area (Å²) in [6.45, 7) is 0.671. The predicted molar refractivity (Wildman–Crippen MR) is 88.9 cm³/mol. The molecule has 23 heavy (non-hydrogen) atoms. The van der Waals surface area contributed by atoms with Gasteiger partial charge in [0, 0.05) is 24.6 Å². The van der Waals surface area contributed by atoms with Crippen LogP contribution in [-0.2, 0) is 14.8 Å². The van der Waals surface area contributed by atoms with Crippen molar-refractivity contribution in [2.24, 2.45) is 10.9 Å². The Labute approximate surface area is 136 Å². The number of hydrogen-bond donors (Lipinski definition) is 2. The third-order valence-electron chi connectivity index (χ3n) is 4.01. The molecule has 0 saturated heterocycles. The number of rotatable bonds is 4. The quantitative estimate of drug-likeness (QED) is 0.885. The number of amidine groups is 1. The molecule has 1 aromatic rings. The van der Waals surface area contributed by atoms with Crippen LogP contribution in [0.4, 0.5) is 5.69 Å². The van der Waals surface area contributed by atoms with Crippen LogP contribution < -0.4 is 10.0 Å². The fourth-order valence-electron chi connectivity index (χ4n) is 2.48. The normalized spacial score (nSPS) is 18.7. The standard InChI is InChI=1S/C16H21N3O3S/c20-16(12-5-6-12)18-13-7-9-14(10-8-13)23(21,22)19-15-4-2-1-3-11-17-15/h7-10,12H,1-6,11H2,(H,17,19)(H,18,20). The first-order valence-corrected chi connectivity index (χ1v) is 9.50. The maximum absolute atomic E-state index is 12.4. The van der Waals surface area contributed by atoms with Gasteiger partial charge in [-0.15, -0.1) is 0 Å². The average Bonchev–Trinajstić information content (AvgIpc) is 3.35. The highest BCUT2D eigenvalue weighted by Gasteiger charge is 2.29. The molecule has 1 aromatic carbocycles. The Hall–Kier alpha value is -1.89. The van der Waals surface area contributed by atoms with Crippen LogP contribution in [0.15, 0.2) is 34.2 Å². The van der Waals surface area contributed by atoms with E-state index in [0.29, 0.717) is 24.5 Å². The Kier molecular flexibility index (Phi) is 4.66. The van der Waals surface area contributed by atoms with Gasteiger partial charge in [-0.1, -0.05) is 6.42 Å². The molecule has 124 valence electrons. The number of benzene rings is 1. The second-order valence-electron chi connectivity index (χ2n) is 6.03.